The summed E-state index contributed by atoms with van der Waals surface area (Å²) in [5.41, 5.74) is 2.77. The van der Waals surface area contributed by atoms with Crippen LogP contribution in [0.15, 0.2) is 18.2 Å². The molecule has 1 amide bonds. The SMILES string of the molecule is Cc1nnc2n1CCN(C(=O)COc1ccc3c(c1)CCC3)C2. The van der Waals surface area contributed by atoms with E-state index in [1.54, 1.807) is 4.90 Å². The van der Waals surface area contributed by atoms with E-state index in [9.17, 15) is 4.79 Å². The molecule has 6 nitrogen and oxygen atoms in total. The van der Waals surface area contributed by atoms with E-state index in [0.29, 0.717) is 13.1 Å². The van der Waals surface area contributed by atoms with E-state index >= 15 is 0 Å². The number of ether oxygens (including phenoxy) is 1. The van der Waals surface area contributed by atoms with Crippen LogP contribution in [0.3, 0.4) is 0 Å². The highest BCUT2D eigenvalue weighted by molar-refractivity contribution is 5.77. The number of carbonyl (C=O) groups is 1. The largest absolute Gasteiger partial charge is 0.484 e. The molecule has 4 rings (SSSR count). The van der Waals surface area contributed by atoms with Crippen LogP contribution in [-0.4, -0.2) is 38.7 Å². The van der Waals surface area contributed by atoms with Crippen molar-refractivity contribution in [2.24, 2.45) is 0 Å². The zero-order valence-corrected chi connectivity index (χ0v) is 13.3. The van der Waals surface area contributed by atoms with Crippen molar-refractivity contribution in [3.05, 3.63) is 41.0 Å². The number of aromatic nitrogens is 3. The fourth-order valence-electron chi connectivity index (χ4n) is 3.39. The van der Waals surface area contributed by atoms with Crippen LogP contribution in [0.5, 0.6) is 5.75 Å². The Bertz CT molecular complexity index is 753. The minimum absolute atomic E-state index is 0.00241. The molecule has 1 aliphatic heterocycles. The zero-order valence-electron chi connectivity index (χ0n) is 13.3. The third-order valence-electron chi connectivity index (χ3n) is 4.72. The number of nitrogens with zero attached hydrogens (tertiary/aromatic N) is 4. The molecule has 2 aromatic rings. The summed E-state index contributed by atoms with van der Waals surface area (Å²) < 4.78 is 7.77. The average molecular weight is 312 g/mol. The molecule has 1 aliphatic carbocycles. The Hall–Kier alpha value is -2.37. The molecule has 0 saturated heterocycles. The highest BCUT2D eigenvalue weighted by atomic mass is 16.5. The van der Waals surface area contributed by atoms with Crippen molar-refractivity contribution in [2.45, 2.75) is 39.3 Å². The van der Waals surface area contributed by atoms with Crippen LogP contribution in [-0.2, 0) is 30.7 Å². The molecule has 2 heterocycles. The van der Waals surface area contributed by atoms with Gasteiger partial charge in [-0.3, -0.25) is 4.79 Å². The summed E-state index contributed by atoms with van der Waals surface area (Å²) in [4.78, 5) is 14.2. The summed E-state index contributed by atoms with van der Waals surface area (Å²) in [6.07, 6.45) is 3.48. The molecular formula is C17H20N4O2. The molecule has 0 unspecified atom stereocenters. The molecule has 1 aromatic heterocycles. The van der Waals surface area contributed by atoms with E-state index in [2.05, 4.69) is 26.9 Å². The Balaban J connectivity index is 1.37. The lowest BCUT2D eigenvalue weighted by Crippen LogP contribution is -2.41. The van der Waals surface area contributed by atoms with Crippen molar-refractivity contribution >= 4 is 5.91 Å². The third kappa shape index (κ3) is 2.69. The first-order chi connectivity index (χ1) is 11.2. The van der Waals surface area contributed by atoms with Gasteiger partial charge in [-0.2, -0.15) is 0 Å². The first-order valence-electron chi connectivity index (χ1n) is 8.12. The second kappa shape index (κ2) is 5.68. The lowest BCUT2D eigenvalue weighted by Gasteiger charge is -2.27. The van der Waals surface area contributed by atoms with Crippen molar-refractivity contribution < 1.29 is 9.53 Å². The highest BCUT2D eigenvalue weighted by Crippen LogP contribution is 2.26. The minimum atomic E-state index is -0.00241. The molecule has 0 fully saturated rings. The van der Waals surface area contributed by atoms with E-state index in [1.165, 1.54) is 17.5 Å². The Morgan fingerprint density at radius 3 is 3.00 bits per heavy atom. The predicted octanol–water partition coefficient (Wildman–Crippen LogP) is 1.50. The van der Waals surface area contributed by atoms with Crippen LogP contribution >= 0.6 is 0 Å². The molecule has 0 saturated carbocycles. The maximum atomic E-state index is 12.4. The Morgan fingerprint density at radius 2 is 2.09 bits per heavy atom. The minimum Gasteiger partial charge on any atom is -0.484 e. The average Bonchev–Trinajstić information content (AvgIpc) is 3.18. The summed E-state index contributed by atoms with van der Waals surface area (Å²) in [6, 6.07) is 6.16. The van der Waals surface area contributed by atoms with Gasteiger partial charge in [-0.05, 0) is 49.4 Å². The van der Waals surface area contributed by atoms with Gasteiger partial charge in [0.15, 0.2) is 12.4 Å². The topological polar surface area (TPSA) is 60.2 Å². The normalized spacial score (nSPS) is 16.1. The van der Waals surface area contributed by atoms with Gasteiger partial charge in [-0.1, -0.05) is 6.07 Å². The Kier molecular flexibility index (Phi) is 3.52. The van der Waals surface area contributed by atoms with Gasteiger partial charge < -0.3 is 14.2 Å². The lowest BCUT2D eigenvalue weighted by molar-refractivity contribution is -0.134. The quantitative estimate of drug-likeness (QED) is 0.862. The molecule has 0 N–H and O–H groups in total. The van der Waals surface area contributed by atoms with Gasteiger partial charge in [0.2, 0.25) is 0 Å². The number of fused-ring (bicyclic) bond motifs is 2. The molecule has 0 spiro atoms. The van der Waals surface area contributed by atoms with E-state index in [0.717, 1.165) is 36.8 Å². The summed E-state index contributed by atoms with van der Waals surface area (Å²) in [5, 5.41) is 8.19. The summed E-state index contributed by atoms with van der Waals surface area (Å²) in [7, 11) is 0. The van der Waals surface area contributed by atoms with Gasteiger partial charge in [0.25, 0.3) is 5.91 Å². The molecule has 23 heavy (non-hydrogen) atoms. The standard InChI is InChI=1S/C17H20N4O2/c1-12-18-19-16-10-20(7-8-21(12)16)17(22)11-23-15-6-5-13-3-2-4-14(13)9-15/h5-6,9H,2-4,7-8,10-11H2,1H3. The summed E-state index contributed by atoms with van der Waals surface area (Å²) in [6.45, 7) is 3.95. The fraction of sp³-hybridized carbons (Fsp3) is 0.471. The first kappa shape index (κ1) is 14.2. The van der Waals surface area contributed by atoms with Crippen LogP contribution < -0.4 is 4.74 Å². The molecule has 0 atom stereocenters. The van der Waals surface area contributed by atoms with Crippen molar-refractivity contribution in [3.8, 4) is 5.75 Å². The van der Waals surface area contributed by atoms with Crippen molar-refractivity contribution in [3.63, 3.8) is 0 Å². The fourth-order valence-corrected chi connectivity index (χ4v) is 3.39. The second-order valence-corrected chi connectivity index (χ2v) is 6.20. The molecule has 6 heteroatoms. The third-order valence-corrected chi connectivity index (χ3v) is 4.72. The van der Waals surface area contributed by atoms with Crippen LogP contribution in [0, 0.1) is 6.92 Å². The molecule has 120 valence electrons. The molecule has 0 bridgehead atoms. The van der Waals surface area contributed by atoms with Crippen molar-refractivity contribution in [2.75, 3.05) is 13.2 Å². The Labute approximate surface area is 135 Å². The maximum absolute atomic E-state index is 12.4. The molecule has 0 radical (unpaired) electrons. The number of hydrogen-bond acceptors (Lipinski definition) is 4. The van der Waals surface area contributed by atoms with Crippen molar-refractivity contribution in [1.82, 2.24) is 19.7 Å². The van der Waals surface area contributed by atoms with Gasteiger partial charge >= 0.3 is 0 Å². The van der Waals surface area contributed by atoms with Gasteiger partial charge in [0, 0.05) is 13.1 Å². The zero-order chi connectivity index (χ0) is 15.8. The first-order valence-corrected chi connectivity index (χ1v) is 8.12. The van der Waals surface area contributed by atoms with E-state index in [4.69, 9.17) is 4.74 Å². The predicted molar refractivity (Wildman–Crippen MR) is 84.1 cm³/mol. The second-order valence-electron chi connectivity index (χ2n) is 6.20. The Morgan fingerprint density at radius 1 is 1.22 bits per heavy atom. The van der Waals surface area contributed by atoms with Crippen molar-refractivity contribution in [1.29, 1.82) is 0 Å². The van der Waals surface area contributed by atoms with E-state index in [-0.39, 0.29) is 12.5 Å². The van der Waals surface area contributed by atoms with Gasteiger partial charge in [0.1, 0.15) is 11.6 Å². The molecule has 1 aromatic carbocycles. The molecule has 2 aliphatic rings. The smallest absolute Gasteiger partial charge is 0.260 e. The van der Waals surface area contributed by atoms with E-state index < -0.39 is 0 Å². The van der Waals surface area contributed by atoms with Crippen LogP contribution in [0.1, 0.15) is 29.2 Å². The summed E-state index contributed by atoms with van der Waals surface area (Å²) in [5.74, 6) is 2.54. The van der Waals surface area contributed by atoms with Crippen LogP contribution in [0.25, 0.3) is 0 Å². The summed E-state index contributed by atoms with van der Waals surface area (Å²) >= 11 is 0. The van der Waals surface area contributed by atoms with Gasteiger partial charge in [0.05, 0.1) is 6.54 Å². The number of amides is 1. The number of benzene rings is 1. The number of rotatable bonds is 3. The maximum Gasteiger partial charge on any atom is 0.260 e. The molecular weight excluding hydrogens is 292 g/mol. The number of carbonyl (C=O) groups excluding carboxylic acids is 1. The number of hydrogen-bond donors (Lipinski definition) is 0. The number of aryl methyl sites for hydroxylation is 3. The van der Waals surface area contributed by atoms with Gasteiger partial charge in [-0.25, -0.2) is 0 Å². The lowest BCUT2D eigenvalue weighted by atomic mass is 10.1. The highest BCUT2D eigenvalue weighted by Gasteiger charge is 2.23. The van der Waals surface area contributed by atoms with E-state index in [1.807, 2.05) is 13.0 Å². The van der Waals surface area contributed by atoms with Crippen LogP contribution in [0.2, 0.25) is 0 Å². The van der Waals surface area contributed by atoms with Gasteiger partial charge in [-0.15, -0.1) is 10.2 Å². The monoisotopic (exact) mass is 312 g/mol. The van der Waals surface area contributed by atoms with Crippen LogP contribution in [0.4, 0.5) is 0 Å².